The van der Waals surface area contributed by atoms with Crippen molar-refractivity contribution in [3.8, 4) is 0 Å². The van der Waals surface area contributed by atoms with Crippen LogP contribution in [-0.4, -0.2) is 48.8 Å². The summed E-state index contributed by atoms with van der Waals surface area (Å²) in [4.78, 5) is 40.1. The highest BCUT2D eigenvalue weighted by atomic mass is 16.2. The summed E-state index contributed by atoms with van der Waals surface area (Å²) < 4.78 is 0. The molecule has 1 aliphatic carbocycles. The maximum absolute atomic E-state index is 12.8. The highest BCUT2D eigenvalue weighted by molar-refractivity contribution is 6.06. The summed E-state index contributed by atoms with van der Waals surface area (Å²) in [5.41, 5.74) is 0.646. The van der Waals surface area contributed by atoms with Gasteiger partial charge in [-0.3, -0.25) is 14.4 Å². The van der Waals surface area contributed by atoms with Gasteiger partial charge in [-0.05, 0) is 45.7 Å². The van der Waals surface area contributed by atoms with Crippen molar-refractivity contribution >= 4 is 23.4 Å². The number of rotatable bonds is 5. The van der Waals surface area contributed by atoms with E-state index in [9.17, 15) is 14.4 Å². The van der Waals surface area contributed by atoms with Crippen molar-refractivity contribution in [2.75, 3.05) is 25.5 Å². The monoisotopic (exact) mass is 345 g/mol. The van der Waals surface area contributed by atoms with E-state index < -0.39 is 0 Å². The molecule has 0 saturated heterocycles. The maximum Gasteiger partial charge on any atom is 0.256 e. The highest BCUT2D eigenvalue weighted by Gasteiger charge is 2.33. The van der Waals surface area contributed by atoms with Crippen molar-refractivity contribution in [2.45, 2.75) is 39.2 Å². The lowest BCUT2D eigenvalue weighted by Gasteiger charge is -2.25. The van der Waals surface area contributed by atoms with Gasteiger partial charge in [0.15, 0.2) is 0 Å². The van der Waals surface area contributed by atoms with Gasteiger partial charge in [-0.15, -0.1) is 0 Å². The van der Waals surface area contributed by atoms with Crippen molar-refractivity contribution < 1.29 is 14.4 Å². The van der Waals surface area contributed by atoms with E-state index in [1.807, 2.05) is 20.8 Å². The number of hydrogen-bond donors (Lipinski definition) is 1. The summed E-state index contributed by atoms with van der Waals surface area (Å²) in [5, 5.41) is 2.84. The lowest BCUT2D eigenvalue weighted by atomic mass is 10.1. The second-order valence-electron chi connectivity index (χ2n) is 7.65. The summed E-state index contributed by atoms with van der Waals surface area (Å²) in [5.74, 6) is -0.393. The molecule has 6 heteroatoms. The molecular formula is C19H27N3O3. The Morgan fingerprint density at radius 1 is 1.12 bits per heavy atom. The van der Waals surface area contributed by atoms with Gasteiger partial charge in [0, 0.05) is 25.6 Å². The molecule has 0 aromatic heterocycles. The maximum atomic E-state index is 12.8. The second-order valence-corrected chi connectivity index (χ2v) is 7.65. The summed E-state index contributed by atoms with van der Waals surface area (Å²) >= 11 is 0. The van der Waals surface area contributed by atoms with Crippen LogP contribution < -0.4 is 10.2 Å². The van der Waals surface area contributed by atoms with E-state index in [4.69, 9.17) is 0 Å². The molecule has 2 rings (SSSR count). The molecule has 0 atom stereocenters. The molecule has 0 heterocycles. The molecule has 0 radical (unpaired) electrons. The van der Waals surface area contributed by atoms with Gasteiger partial charge in [-0.1, -0.05) is 12.1 Å². The molecule has 1 fully saturated rings. The van der Waals surface area contributed by atoms with Crippen molar-refractivity contribution in [2.24, 2.45) is 5.92 Å². The number of carbonyl (C=O) groups is 3. The van der Waals surface area contributed by atoms with Crippen LogP contribution in [0.5, 0.6) is 0 Å². The van der Waals surface area contributed by atoms with E-state index in [2.05, 4.69) is 5.32 Å². The van der Waals surface area contributed by atoms with Crippen LogP contribution in [0.2, 0.25) is 0 Å². The Balaban J connectivity index is 2.13. The third-order valence-electron chi connectivity index (χ3n) is 3.99. The van der Waals surface area contributed by atoms with Crippen molar-refractivity contribution in [1.29, 1.82) is 0 Å². The van der Waals surface area contributed by atoms with E-state index in [0.29, 0.717) is 11.3 Å². The first-order valence-electron chi connectivity index (χ1n) is 8.53. The van der Waals surface area contributed by atoms with Gasteiger partial charge < -0.3 is 15.1 Å². The number of carbonyl (C=O) groups excluding carboxylic acids is 3. The molecule has 0 aliphatic heterocycles. The molecule has 136 valence electrons. The number of amides is 3. The number of likely N-dealkylation sites (N-methyl/N-ethyl adjacent to an activating group) is 1. The zero-order chi connectivity index (χ0) is 18.8. The summed E-state index contributed by atoms with van der Waals surface area (Å²) in [7, 11) is 3.28. The van der Waals surface area contributed by atoms with Gasteiger partial charge in [0.25, 0.3) is 5.91 Å². The van der Waals surface area contributed by atoms with Gasteiger partial charge >= 0.3 is 0 Å². The number of nitrogens with zero attached hydrogens (tertiary/aromatic N) is 2. The Hall–Kier alpha value is -2.37. The van der Waals surface area contributed by atoms with E-state index in [1.54, 1.807) is 43.3 Å². The minimum atomic E-state index is -0.351. The minimum Gasteiger partial charge on any atom is -0.350 e. The van der Waals surface area contributed by atoms with Crippen LogP contribution in [0, 0.1) is 5.92 Å². The summed E-state index contributed by atoms with van der Waals surface area (Å²) in [6.07, 6.45) is 1.82. The molecule has 6 nitrogen and oxygen atoms in total. The highest BCUT2D eigenvalue weighted by Crippen LogP contribution is 2.33. The van der Waals surface area contributed by atoms with Gasteiger partial charge in [0.2, 0.25) is 11.8 Å². The van der Waals surface area contributed by atoms with E-state index in [1.165, 1.54) is 4.90 Å². The molecule has 1 aromatic carbocycles. The Morgan fingerprint density at radius 3 is 2.28 bits per heavy atom. The number of nitrogens with one attached hydrogen (secondary N) is 1. The van der Waals surface area contributed by atoms with Crippen LogP contribution in [0.4, 0.5) is 5.69 Å². The molecular weight excluding hydrogens is 318 g/mol. The third kappa shape index (κ3) is 5.05. The molecule has 1 N–H and O–H groups in total. The van der Waals surface area contributed by atoms with Gasteiger partial charge in [0.05, 0.1) is 17.8 Å². The third-order valence-corrected chi connectivity index (χ3v) is 3.99. The van der Waals surface area contributed by atoms with Gasteiger partial charge in [-0.2, -0.15) is 0 Å². The number of para-hydroxylation sites is 1. The van der Waals surface area contributed by atoms with Crippen LogP contribution in [0.1, 0.15) is 44.0 Å². The normalized spacial score (nSPS) is 14.0. The smallest absolute Gasteiger partial charge is 0.256 e. The predicted octanol–water partition coefficient (Wildman–Crippen LogP) is 2.05. The number of anilines is 1. The fourth-order valence-electron chi connectivity index (χ4n) is 2.62. The molecule has 0 unspecified atom stereocenters. The first-order valence-corrected chi connectivity index (χ1v) is 8.53. The van der Waals surface area contributed by atoms with Crippen LogP contribution >= 0.6 is 0 Å². The average molecular weight is 345 g/mol. The van der Waals surface area contributed by atoms with Crippen LogP contribution in [0.15, 0.2) is 24.3 Å². The van der Waals surface area contributed by atoms with E-state index >= 15 is 0 Å². The van der Waals surface area contributed by atoms with Crippen LogP contribution in [-0.2, 0) is 9.59 Å². The Labute approximate surface area is 149 Å². The quantitative estimate of drug-likeness (QED) is 0.888. The first kappa shape index (κ1) is 19.0. The topological polar surface area (TPSA) is 69.7 Å². The van der Waals surface area contributed by atoms with Crippen LogP contribution in [0.3, 0.4) is 0 Å². The fourth-order valence-corrected chi connectivity index (χ4v) is 2.62. The SMILES string of the molecule is CN(CC(=O)NC(C)(C)C)C(=O)c1ccccc1N(C)C(=O)C1CC1. The summed E-state index contributed by atoms with van der Waals surface area (Å²) in [6, 6.07) is 7.01. The molecule has 1 saturated carbocycles. The molecule has 0 spiro atoms. The lowest BCUT2D eigenvalue weighted by Crippen LogP contribution is -2.46. The molecule has 0 bridgehead atoms. The van der Waals surface area contributed by atoms with Gasteiger partial charge in [-0.25, -0.2) is 0 Å². The van der Waals surface area contributed by atoms with E-state index in [-0.39, 0.29) is 35.7 Å². The molecule has 1 aromatic rings. The average Bonchev–Trinajstić information content (AvgIpc) is 3.35. The Morgan fingerprint density at radius 2 is 1.72 bits per heavy atom. The predicted molar refractivity (Wildman–Crippen MR) is 97.4 cm³/mol. The second kappa shape index (κ2) is 7.25. The Kier molecular flexibility index (Phi) is 5.50. The van der Waals surface area contributed by atoms with Crippen molar-refractivity contribution in [3.63, 3.8) is 0 Å². The van der Waals surface area contributed by atoms with Crippen LogP contribution in [0.25, 0.3) is 0 Å². The standard InChI is InChI=1S/C19H27N3O3/c1-19(2,3)20-16(23)12-21(4)18(25)14-8-6-7-9-15(14)22(5)17(24)13-10-11-13/h6-9,13H,10-12H2,1-5H3,(H,20,23). The largest absolute Gasteiger partial charge is 0.350 e. The Bertz CT molecular complexity index is 675. The molecule has 1 aliphatic rings. The minimum absolute atomic E-state index is 0.0355. The summed E-state index contributed by atoms with van der Waals surface area (Å²) in [6.45, 7) is 5.63. The number of benzene rings is 1. The zero-order valence-electron chi connectivity index (χ0n) is 15.6. The number of hydrogen-bond acceptors (Lipinski definition) is 3. The first-order chi connectivity index (χ1) is 11.6. The lowest BCUT2D eigenvalue weighted by molar-refractivity contribution is -0.123. The van der Waals surface area contributed by atoms with E-state index in [0.717, 1.165) is 12.8 Å². The molecule has 3 amide bonds. The van der Waals surface area contributed by atoms with Crippen molar-refractivity contribution in [3.05, 3.63) is 29.8 Å². The molecule has 25 heavy (non-hydrogen) atoms. The fraction of sp³-hybridized carbons (Fsp3) is 0.526. The zero-order valence-corrected chi connectivity index (χ0v) is 15.6. The van der Waals surface area contributed by atoms with Crippen molar-refractivity contribution in [1.82, 2.24) is 10.2 Å². The van der Waals surface area contributed by atoms with Gasteiger partial charge in [0.1, 0.15) is 0 Å².